The van der Waals surface area contributed by atoms with Gasteiger partial charge in [-0.1, -0.05) is 36.8 Å². The summed E-state index contributed by atoms with van der Waals surface area (Å²) in [6.45, 7) is 9.49. The molecule has 2 atom stereocenters. The smallest absolute Gasteiger partial charge is 0.264 e. The Balaban J connectivity index is 2.03. The summed E-state index contributed by atoms with van der Waals surface area (Å²) in [5.41, 5.74) is 2.22. The third-order valence-corrected chi connectivity index (χ3v) is 9.54. The molecule has 3 rings (SSSR count). The number of thioether (sulfide) groups is 1. The lowest BCUT2D eigenvalue weighted by Crippen LogP contribution is -2.52. The molecule has 0 bridgehead atoms. The van der Waals surface area contributed by atoms with Crippen LogP contribution in [0.25, 0.3) is 0 Å². The van der Waals surface area contributed by atoms with E-state index in [4.69, 9.17) is 4.74 Å². The summed E-state index contributed by atoms with van der Waals surface area (Å²) in [6.07, 6.45) is 2.65. The molecular formula is C32H41N3O5S2. The van der Waals surface area contributed by atoms with E-state index in [2.05, 4.69) is 5.32 Å². The maximum Gasteiger partial charge on any atom is 0.264 e. The third kappa shape index (κ3) is 8.51. The van der Waals surface area contributed by atoms with E-state index in [1.165, 1.54) is 16.7 Å². The Hall–Kier alpha value is -3.50. The fourth-order valence-corrected chi connectivity index (χ4v) is 6.04. The molecule has 8 nitrogen and oxygen atoms in total. The molecule has 0 radical (unpaired) electrons. The Bertz CT molecular complexity index is 1430. The molecule has 0 unspecified atom stereocenters. The van der Waals surface area contributed by atoms with Crippen LogP contribution in [0.2, 0.25) is 0 Å². The number of carbonyl (C=O) groups excluding carboxylic acids is 2. The van der Waals surface area contributed by atoms with Gasteiger partial charge in [0.1, 0.15) is 18.3 Å². The molecule has 3 aromatic carbocycles. The van der Waals surface area contributed by atoms with Crippen LogP contribution in [-0.2, 0) is 26.2 Å². The van der Waals surface area contributed by atoms with Crippen molar-refractivity contribution < 1.29 is 22.7 Å². The summed E-state index contributed by atoms with van der Waals surface area (Å²) in [5.74, 6) is -0.209. The second-order valence-corrected chi connectivity index (χ2v) is 12.9. The van der Waals surface area contributed by atoms with Gasteiger partial charge >= 0.3 is 0 Å². The molecule has 226 valence electrons. The number of aryl methyl sites for hydroxylation is 1. The van der Waals surface area contributed by atoms with Crippen LogP contribution in [0.4, 0.5) is 5.69 Å². The van der Waals surface area contributed by atoms with E-state index in [0.717, 1.165) is 26.7 Å². The Morgan fingerprint density at radius 3 is 2.10 bits per heavy atom. The highest BCUT2D eigenvalue weighted by Crippen LogP contribution is 2.28. The van der Waals surface area contributed by atoms with Gasteiger partial charge in [0.15, 0.2) is 0 Å². The van der Waals surface area contributed by atoms with Gasteiger partial charge in [0, 0.05) is 17.5 Å². The van der Waals surface area contributed by atoms with E-state index in [1.807, 2.05) is 58.2 Å². The molecule has 0 saturated heterocycles. The quantitative estimate of drug-likeness (QED) is 0.237. The Kier molecular flexibility index (Phi) is 11.9. The second kappa shape index (κ2) is 15.1. The van der Waals surface area contributed by atoms with Crippen LogP contribution in [-0.4, -0.2) is 56.6 Å². The van der Waals surface area contributed by atoms with E-state index >= 15 is 0 Å². The predicted molar refractivity (Wildman–Crippen MR) is 169 cm³/mol. The molecule has 0 spiro atoms. The zero-order chi connectivity index (χ0) is 30.9. The number of ether oxygens (including phenoxy) is 1. The minimum atomic E-state index is -4.14. The van der Waals surface area contributed by atoms with Gasteiger partial charge in [0.05, 0.1) is 17.2 Å². The van der Waals surface area contributed by atoms with Crippen molar-refractivity contribution in [3.8, 4) is 5.75 Å². The number of hydrogen-bond donors (Lipinski definition) is 1. The molecule has 0 aliphatic heterocycles. The number of carbonyl (C=O) groups is 2. The van der Waals surface area contributed by atoms with Gasteiger partial charge in [-0.15, -0.1) is 11.8 Å². The first-order valence-corrected chi connectivity index (χ1v) is 16.7. The SMILES string of the molecule is CCOc1ccc(N(CC(=O)N(Cc2ccc(C)cc2)[C@@H](C)C(=O)N[C@H](C)CC)S(=O)(=O)c2ccc(SC)cc2)cc1. The molecule has 0 heterocycles. The maximum absolute atomic E-state index is 14.1. The highest BCUT2D eigenvalue weighted by atomic mass is 32.2. The van der Waals surface area contributed by atoms with Crippen LogP contribution in [0, 0.1) is 6.92 Å². The van der Waals surface area contributed by atoms with Gasteiger partial charge in [0.2, 0.25) is 11.8 Å². The number of nitrogens with one attached hydrogen (secondary N) is 1. The molecule has 3 aromatic rings. The fraction of sp³-hybridized carbons (Fsp3) is 0.375. The average molecular weight is 612 g/mol. The standard InChI is InChI=1S/C32H41N3O5S2/c1-7-24(4)33-32(37)25(5)34(21-26-11-9-23(3)10-12-26)31(36)22-35(27-13-15-28(16-14-27)40-8-2)42(38,39)30-19-17-29(41-6)18-20-30/h9-20,24-25H,7-8,21-22H2,1-6H3,(H,33,37)/t24-,25+/m1/s1. The van der Waals surface area contributed by atoms with Crippen molar-refractivity contribution in [1.82, 2.24) is 10.2 Å². The first-order chi connectivity index (χ1) is 20.0. The largest absolute Gasteiger partial charge is 0.494 e. The number of nitrogens with zero attached hydrogens (tertiary/aromatic N) is 2. The first-order valence-electron chi connectivity index (χ1n) is 14.0. The van der Waals surface area contributed by atoms with Crippen LogP contribution in [0.1, 0.15) is 45.2 Å². The molecule has 2 amide bonds. The molecule has 0 fully saturated rings. The highest BCUT2D eigenvalue weighted by molar-refractivity contribution is 7.98. The van der Waals surface area contributed by atoms with Crippen molar-refractivity contribution in [1.29, 1.82) is 0 Å². The van der Waals surface area contributed by atoms with E-state index in [1.54, 1.807) is 55.5 Å². The summed E-state index contributed by atoms with van der Waals surface area (Å²) >= 11 is 1.51. The Morgan fingerprint density at radius 1 is 0.929 bits per heavy atom. The predicted octanol–water partition coefficient (Wildman–Crippen LogP) is 5.64. The number of anilines is 1. The fourth-order valence-electron chi connectivity index (χ4n) is 4.22. The number of rotatable bonds is 14. The van der Waals surface area contributed by atoms with Gasteiger partial charge in [0.25, 0.3) is 10.0 Å². The van der Waals surface area contributed by atoms with Gasteiger partial charge in [-0.05, 0) is 94.5 Å². The Labute approximate surface area is 254 Å². The van der Waals surface area contributed by atoms with Crippen molar-refractivity contribution in [2.75, 3.05) is 23.7 Å². The van der Waals surface area contributed by atoms with Crippen LogP contribution in [0.15, 0.2) is 82.6 Å². The second-order valence-electron chi connectivity index (χ2n) is 10.1. The lowest BCUT2D eigenvalue weighted by Gasteiger charge is -2.32. The molecule has 0 saturated carbocycles. The van der Waals surface area contributed by atoms with E-state index < -0.39 is 28.5 Å². The minimum Gasteiger partial charge on any atom is -0.494 e. The summed E-state index contributed by atoms with van der Waals surface area (Å²) in [7, 11) is -4.14. The monoisotopic (exact) mass is 611 g/mol. The molecular weight excluding hydrogens is 571 g/mol. The summed E-state index contributed by atoms with van der Waals surface area (Å²) < 4.78 is 34.7. The molecule has 0 aliphatic rings. The van der Waals surface area contributed by atoms with Crippen molar-refractivity contribution in [3.63, 3.8) is 0 Å². The molecule has 1 N–H and O–H groups in total. The average Bonchev–Trinajstić information content (AvgIpc) is 2.99. The van der Waals surface area contributed by atoms with Crippen LogP contribution in [0.5, 0.6) is 5.75 Å². The molecule has 0 aliphatic carbocycles. The van der Waals surface area contributed by atoms with Gasteiger partial charge in [-0.2, -0.15) is 0 Å². The first kappa shape index (κ1) is 33.0. The number of hydrogen-bond acceptors (Lipinski definition) is 6. The summed E-state index contributed by atoms with van der Waals surface area (Å²) in [4.78, 5) is 29.7. The van der Waals surface area contributed by atoms with Crippen molar-refractivity contribution >= 4 is 39.3 Å². The van der Waals surface area contributed by atoms with Gasteiger partial charge in [-0.25, -0.2) is 8.42 Å². The van der Waals surface area contributed by atoms with E-state index in [0.29, 0.717) is 18.0 Å². The maximum atomic E-state index is 14.1. The normalized spacial score (nSPS) is 12.7. The number of amides is 2. The van der Waals surface area contributed by atoms with Crippen LogP contribution >= 0.6 is 11.8 Å². The molecule has 0 aromatic heterocycles. The zero-order valence-corrected chi connectivity index (χ0v) is 26.8. The van der Waals surface area contributed by atoms with Gasteiger partial charge < -0.3 is 15.0 Å². The lowest BCUT2D eigenvalue weighted by molar-refractivity contribution is -0.139. The highest BCUT2D eigenvalue weighted by Gasteiger charge is 2.32. The van der Waals surface area contributed by atoms with Crippen molar-refractivity contribution in [3.05, 3.63) is 83.9 Å². The van der Waals surface area contributed by atoms with E-state index in [-0.39, 0.29) is 23.4 Å². The van der Waals surface area contributed by atoms with Crippen LogP contribution < -0.4 is 14.4 Å². The third-order valence-electron chi connectivity index (χ3n) is 7.00. The Morgan fingerprint density at radius 2 is 1.55 bits per heavy atom. The van der Waals surface area contributed by atoms with Crippen molar-refractivity contribution in [2.24, 2.45) is 0 Å². The van der Waals surface area contributed by atoms with Gasteiger partial charge in [-0.3, -0.25) is 13.9 Å². The number of sulfonamides is 1. The summed E-state index contributed by atoms with van der Waals surface area (Å²) in [6, 6.07) is 19.9. The summed E-state index contributed by atoms with van der Waals surface area (Å²) in [5, 5.41) is 2.95. The zero-order valence-electron chi connectivity index (χ0n) is 25.2. The van der Waals surface area contributed by atoms with Crippen LogP contribution in [0.3, 0.4) is 0 Å². The van der Waals surface area contributed by atoms with Crippen molar-refractivity contribution in [2.45, 2.75) is 69.5 Å². The topological polar surface area (TPSA) is 96.0 Å². The molecule has 42 heavy (non-hydrogen) atoms. The molecule has 10 heteroatoms. The lowest BCUT2D eigenvalue weighted by atomic mass is 10.1. The number of benzene rings is 3. The minimum absolute atomic E-state index is 0.0645. The van der Waals surface area contributed by atoms with E-state index in [9.17, 15) is 18.0 Å².